The topological polar surface area (TPSA) is 68.3 Å². The molecule has 0 spiro atoms. The fraction of sp³-hybridized carbons (Fsp3) is 0.471. The van der Waals surface area contributed by atoms with E-state index in [1.54, 1.807) is 0 Å². The van der Waals surface area contributed by atoms with E-state index in [2.05, 4.69) is 12.0 Å². The number of hydrogen-bond donors (Lipinski definition) is 0. The number of hydrogen-bond acceptors (Lipinski definition) is 4. The zero-order chi connectivity index (χ0) is 17.1. The average molecular weight is 333 g/mol. The quantitative estimate of drug-likeness (QED) is 0.862. The lowest BCUT2D eigenvalue weighted by Gasteiger charge is -2.35. The molecule has 0 unspecified atom stereocenters. The van der Waals surface area contributed by atoms with Crippen LogP contribution in [0.3, 0.4) is 0 Å². The fourth-order valence-corrected chi connectivity index (χ4v) is 3.09. The molecular weight excluding hydrogens is 313 g/mol. The molecule has 2 aromatic rings. The minimum Gasteiger partial charge on any atom is -0.388 e. The maximum atomic E-state index is 13.0. The van der Waals surface area contributed by atoms with Gasteiger partial charge in [0.2, 0.25) is 11.8 Å². The molecule has 0 aliphatic carbocycles. The van der Waals surface area contributed by atoms with E-state index in [0.717, 1.165) is 36.9 Å². The summed E-state index contributed by atoms with van der Waals surface area (Å²) in [7, 11) is 0. The summed E-state index contributed by atoms with van der Waals surface area (Å²) in [5.74, 6) is -1.11. The van der Waals surface area contributed by atoms with E-state index in [-0.39, 0.29) is 30.2 Å². The summed E-state index contributed by atoms with van der Waals surface area (Å²) in [5.41, 5.74) is 0.490. The van der Waals surface area contributed by atoms with Gasteiger partial charge in [-0.15, -0.1) is 5.10 Å². The van der Waals surface area contributed by atoms with Crippen molar-refractivity contribution in [3.8, 4) is 11.5 Å². The Morgan fingerprint density at radius 2 is 2.08 bits per heavy atom. The Labute approximate surface area is 138 Å². The fourth-order valence-electron chi connectivity index (χ4n) is 3.09. The van der Waals surface area contributed by atoms with E-state index < -0.39 is 5.76 Å². The third kappa shape index (κ3) is 3.39. The lowest BCUT2D eigenvalue weighted by Crippen LogP contribution is -2.45. The van der Waals surface area contributed by atoms with Gasteiger partial charge in [-0.3, -0.25) is 4.79 Å². The summed E-state index contributed by atoms with van der Waals surface area (Å²) < 4.78 is 19.1. The number of amides is 1. The Hall–Kier alpha value is -2.44. The SMILES string of the molecule is CC[C@H]1CCCCN1C(=O)Cn1nc(-c2ccc(F)cc2)oc1=O. The van der Waals surface area contributed by atoms with Gasteiger partial charge in [-0.1, -0.05) is 6.92 Å². The average Bonchev–Trinajstić information content (AvgIpc) is 2.96. The van der Waals surface area contributed by atoms with Crippen LogP contribution in [0.1, 0.15) is 32.6 Å². The molecule has 7 heteroatoms. The van der Waals surface area contributed by atoms with Crippen molar-refractivity contribution >= 4 is 5.91 Å². The van der Waals surface area contributed by atoms with Gasteiger partial charge in [0, 0.05) is 18.2 Å². The second-order valence-electron chi connectivity index (χ2n) is 5.98. The molecule has 6 nitrogen and oxygen atoms in total. The molecule has 1 aromatic carbocycles. The lowest BCUT2D eigenvalue weighted by atomic mass is 10.00. The van der Waals surface area contributed by atoms with Gasteiger partial charge in [0.1, 0.15) is 12.4 Å². The smallest absolute Gasteiger partial charge is 0.388 e. The number of rotatable bonds is 4. The number of piperidine rings is 1. The van der Waals surface area contributed by atoms with E-state index in [4.69, 9.17) is 4.42 Å². The molecule has 1 aliphatic rings. The molecule has 128 valence electrons. The van der Waals surface area contributed by atoms with Crippen LogP contribution in [-0.4, -0.2) is 33.2 Å². The molecule has 1 aliphatic heterocycles. The monoisotopic (exact) mass is 333 g/mol. The molecule has 0 radical (unpaired) electrons. The van der Waals surface area contributed by atoms with Crippen LogP contribution in [0.5, 0.6) is 0 Å². The largest absolute Gasteiger partial charge is 0.437 e. The second-order valence-corrected chi connectivity index (χ2v) is 5.98. The third-order valence-corrected chi connectivity index (χ3v) is 4.40. The highest BCUT2D eigenvalue weighted by molar-refractivity contribution is 5.76. The van der Waals surface area contributed by atoms with Crippen LogP contribution >= 0.6 is 0 Å². The molecule has 0 bridgehead atoms. The molecule has 1 atom stereocenters. The van der Waals surface area contributed by atoms with Crippen LogP contribution in [0, 0.1) is 5.82 Å². The summed E-state index contributed by atoms with van der Waals surface area (Å²) in [5, 5.41) is 4.06. The van der Waals surface area contributed by atoms with Gasteiger partial charge in [0.05, 0.1) is 0 Å². The molecule has 24 heavy (non-hydrogen) atoms. The van der Waals surface area contributed by atoms with E-state index in [9.17, 15) is 14.0 Å². The Balaban J connectivity index is 1.77. The van der Waals surface area contributed by atoms with Crippen molar-refractivity contribution in [2.75, 3.05) is 6.54 Å². The van der Waals surface area contributed by atoms with Crippen LogP contribution in [0.4, 0.5) is 4.39 Å². The molecule has 2 heterocycles. The van der Waals surface area contributed by atoms with Crippen molar-refractivity contribution in [3.05, 3.63) is 40.6 Å². The van der Waals surface area contributed by atoms with Crippen molar-refractivity contribution in [2.24, 2.45) is 0 Å². The summed E-state index contributed by atoms with van der Waals surface area (Å²) in [6.07, 6.45) is 4.01. The predicted octanol–water partition coefficient (Wildman–Crippen LogP) is 2.43. The summed E-state index contributed by atoms with van der Waals surface area (Å²) in [6, 6.07) is 5.71. The number of carbonyl (C=O) groups is 1. The normalized spacial score (nSPS) is 17.9. The Kier molecular flexibility index (Phi) is 4.78. The highest BCUT2D eigenvalue weighted by Gasteiger charge is 2.26. The number of carbonyl (C=O) groups excluding carboxylic acids is 1. The molecule has 1 aromatic heterocycles. The van der Waals surface area contributed by atoms with Crippen molar-refractivity contribution in [3.63, 3.8) is 0 Å². The number of benzene rings is 1. The minimum atomic E-state index is -0.687. The maximum absolute atomic E-state index is 13.0. The molecule has 1 saturated heterocycles. The van der Waals surface area contributed by atoms with Crippen molar-refractivity contribution < 1.29 is 13.6 Å². The molecule has 1 fully saturated rings. The first-order valence-electron chi connectivity index (χ1n) is 8.22. The van der Waals surface area contributed by atoms with E-state index >= 15 is 0 Å². The highest BCUT2D eigenvalue weighted by Crippen LogP contribution is 2.20. The zero-order valence-corrected chi connectivity index (χ0v) is 13.6. The van der Waals surface area contributed by atoms with E-state index in [1.807, 2.05) is 4.90 Å². The molecule has 0 N–H and O–H groups in total. The Bertz CT molecular complexity index is 766. The van der Waals surface area contributed by atoms with E-state index in [1.165, 1.54) is 24.3 Å². The summed E-state index contributed by atoms with van der Waals surface area (Å²) >= 11 is 0. The van der Waals surface area contributed by atoms with Gasteiger partial charge in [0.25, 0.3) is 0 Å². The van der Waals surface area contributed by atoms with Crippen molar-refractivity contribution in [2.45, 2.75) is 45.2 Å². The maximum Gasteiger partial charge on any atom is 0.437 e. The van der Waals surface area contributed by atoms with Gasteiger partial charge in [-0.25, -0.2) is 9.18 Å². The van der Waals surface area contributed by atoms with Crippen LogP contribution < -0.4 is 5.76 Å². The van der Waals surface area contributed by atoms with Crippen LogP contribution in [0.25, 0.3) is 11.5 Å². The summed E-state index contributed by atoms with van der Waals surface area (Å²) in [6.45, 7) is 2.64. The number of aromatic nitrogens is 2. The van der Waals surface area contributed by atoms with Crippen LogP contribution in [0.2, 0.25) is 0 Å². The van der Waals surface area contributed by atoms with Crippen LogP contribution in [0.15, 0.2) is 33.5 Å². The van der Waals surface area contributed by atoms with Gasteiger partial charge < -0.3 is 9.32 Å². The van der Waals surface area contributed by atoms with Crippen molar-refractivity contribution in [1.29, 1.82) is 0 Å². The molecule has 1 amide bonds. The first-order valence-corrected chi connectivity index (χ1v) is 8.22. The minimum absolute atomic E-state index is 0.0819. The van der Waals surface area contributed by atoms with Gasteiger partial charge in [-0.05, 0) is 49.9 Å². The predicted molar refractivity (Wildman–Crippen MR) is 85.8 cm³/mol. The number of halogens is 1. The van der Waals surface area contributed by atoms with Gasteiger partial charge >= 0.3 is 5.76 Å². The molecular formula is C17H20FN3O3. The first kappa shape index (κ1) is 16.4. The number of likely N-dealkylation sites (tertiary alicyclic amines) is 1. The van der Waals surface area contributed by atoms with E-state index in [0.29, 0.717) is 5.56 Å². The standard InChI is InChI=1S/C17H20FN3O3/c1-2-14-5-3-4-10-20(14)15(22)11-21-17(23)24-16(19-21)12-6-8-13(18)9-7-12/h6-9,14H,2-5,10-11H2,1H3/t14-/m0/s1. The van der Waals surface area contributed by atoms with Gasteiger partial charge in [0.15, 0.2) is 0 Å². The zero-order valence-electron chi connectivity index (χ0n) is 13.6. The third-order valence-electron chi connectivity index (χ3n) is 4.40. The van der Waals surface area contributed by atoms with Gasteiger partial charge in [-0.2, -0.15) is 4.68 Å². The first-order chi connectivity index (χ1) is 11.6. The second kappa shape index (κ2) is 6.98. The Morgan fingerprint density at radius 1 is 1.33 bits per heavy atom. The summed E-state index contributed by atoms with van der Waals surface area (Å²) in [4.78, 5) is 26.3. The Morgan fingerprint density at radius 3 is 2.79 bits per heavy atom. The molecule has 0 saturated carbocycles. The highest BCUT2D eigenvalue weighted by atomic mass is 19.1. The van der Waals surface area contributed by atoms with Crippen molar-refractivity contribution in [1.82, 2.24) is 14.7 Å². The lowest BCUT2D eigenvalue weighted by molar-refractivity contribution is -0.135. The number of nitrogens with zero attached hydrogens (tertiary/aromatic N) is 3. The molecule has 3 rings (SSSR count). The van der Waals surface area contributed by atoms with Crippen LogP contribution in [-0.2, 0) is 11.3 Å².